The molecular weight excluding hydrogens is 214 g/mol. The van der Waals surface area contributed by atoms with E-state index in [1.54, 1.807) is 0 Å². The number of carbonyl (C=O) groups is 1. The Morgan fingerprint density at radius 2 is 2.06 bits per heavy atom. The second-order valence-corrected chi connectivity index (χ2v) is 5.43. The van der Waals surface area contributed by atoms with E-state index in [1.165, 1.54) is 12.8 Å². The van der Waals surface area contributed by atoms with Gasteiger partial charge >= 0.3 is 0 Å². The zero-order valence-electron chi connectivity index (χ0n) is 10.9. The molecule has 2 aliphatic heterocycles. The summed E-state index contributed by atoms with van der Waals surface area (Å²) < 4.78 is 0. The smallest absolute Gasteiger partial charge is 0.236 e. The van der Waals surface area contributed by atoms with Crippen LogP contribution in [0.5, 0.6) is 0 Å². The van der Waals surface area contributed by atoms with Crippen molar-refractivity contribution in [3.63, 3.8) is 0 Å². The van der Waals surface area contributed by atoms with Crippen LogP contribution in [0, 0.1) is 0 Å². The summed E-state index contributed by atoms with van der Waals surface area (Å²) in [6.45, 7) is 5.41. The normalized spacial score (nSPS) is 30.8. The summed E-state index contributed by atoms with van der Waals surface area (Å²) in [5.74, 6) is 0.303. The van der Waals surface area contributed by atoms with E-state index in [2.05, 4.69) is 16.7 Å². The molecule has 0 aromatic heterocycles. The molecule has 1 amide bonds. The minimum atomic E-state index is 0.303. The van der Waals surface area contributed by atoms with Crippen molar-refractivity contribution in [3.8, 4) is 0 Å². The molecule has 2 N–H and O–H groups in total. The number of nitrogens with zero attached hydrogens (tertiary/aromatic N) is 2. The minimum absolute atomic E-state index is 0.303. The Balaban J connectivity index is 1.87. The number of likely N-dealkylation sites (tertiary alicyclic amines) is 2. The second kappa shape index (κ2) is 5.83. The lowest BCUT2D eigenvalue weighted by Gasteiger charge is -2.35. The fourth-order valence-electron chi connectivity index (χ4n) is 3.10. The molecule has 0 bridgehead atoms. The maximum Gasteiger partial charge on any atom is 0.236 e. The van der Waals surface area contributed by atoms with Crippen LogP contribution in [-0.2, 0) is 4.79 Å². The lowest BCUT2D eigenvalue weighted by Crippen LogP contribution is -2.48. The van der Waals surface area contributed by atoms with Gasteiger partial charge in [-0.3, -0.25) is 9.69 Å². The molecule has 2 heterocycles. The van der Waals surface area contributed by atoms with Crippen molar-refractivity contribution in [1.82, 2.24) is 9.80 Å². The maximum atomic E-state index is 12.3. The minimum Gasteiger partial charge on any atom is -0.339 e. The zero-order valence-corrected chi connectivity index (χ0v) is 10.9. The molecule has 0 aliphatic carbocycles. The fourth-order valence-corrected chi connectivity index (χ4v) is 3.10. The summed E-state index contributed by atoms with van der Waals surface area (Å²) in [6.07, 6.45) is 5.92. The van der Waals surface area contributed by atoms with E-state index in [9.17, 15) is 4.79 Å². The Bertz CT molecular complexity index is 269. The van der Waals surface area contributed by atoms with Crippen molar-refractivity contribution in [2.24, 2.45) is 5.73 Å². The molecule has 0 saturated carbocycles. The number of hydrogen-bond acceptors (Lipinski definition) is 3. The molecule has 0 aromatic carbocycles. The summed E-state index contributed by atoms with van der Waals surface area (Å²) >= 11 is 0. The van der Waals surface area contributed by atoms with Crippen LogP contribution in [-0.4, -0.2) is 54.0 Å². The topological polar surface area (TPSA) is 49.6 Å². The molecule has 17 heavy (non-hydrogen) atoms. The van der Waals surface area contributed by atoms with Gasteiger partial charge in [-0.15, -0.1) is 0 Å². The van der Waals surface area contributed by atoms with Crippen LogP contribution in [0.2, 0.25) is 0 Å². The van der Waals surface area contributed by atoms with Crippen molar-refractivity contribution >= 4 is 5.91 Å². The van der Waals surface area contributed by atoms with Gasteiger partial charge in [0.25, 0.3) is 0 Å². The first-order valence-corrected chi connectivity index (χ1v) is 6.96. The third kappa shape index (κ3) is 2.99. The highest BCUT2D eigenvalue weighted by molar-refractivity contribution is 5.78. The van der Waals surface area contributed by atoms with Crippen molar-refractivity contribution in [1.29, 1.82) is 0 Å². The highest BCUT2D eigenvalue weighted by Crippen LogP contribution is 2.19. The lowest BCUT2D eigenvalue weighted by molar-refractivity contribution is -0.135. The van der Waals surface area contributed by atoms with Crippen LogP contribution in [0.15, 0.2) is 0 Å². The molecule has 2 fully saturated rings. The van der Waals surface area contributed by atoms with Gasteiger partial charge in [0.05, 0.1) is 6.54 Å². The fraction of sp³-hybridized carbons (Fsp3) is 0.923. The number of hydrogen-bond donors (Lipinski definition) is 1. The standard InChI is InChI=1S/C13H25N3O/c1-11-5-2-3-8-16(11)13(17)10-15-7-4-6-12(15)9-14/h11-12H,2-10,14H2,1H3. The van der Waals surface area contributed by atoms with E-state index >= 15 is 0 Å². The Kier molecular flexibility index (Phi) is 4.40. The van der Waals surface area contributed by atoms with Gasteiger partial charge in [0.2, 0.25) is 5.91 Å². The molecule has 2 saturated heterocycles. The first-order chi connectivity index (χ1) is 8.22. The van der Waals surface area contributed by atoms with Crippen LogP contribution in [0.4, 0.5) is 0 Å². The number of nitrogens with two attached hydrogens (primary N) is 1. The monoisotopic (exact) mass is 239 g/mol. The lowest BCUT2D eigenvalue weighted by atomic mass is 10.0. The molecule has 98 valence electrons. The van der Waals surface area contributed by atoms with Crippen LogP contribution < -0.4 is 5.73 Å². The third-order valence-corrected chi connectivity index (χ3v) is 4.23. The molecule has 4 nitrogen and oxygen atoms in total. The van der Waals surface area contributed by atoms with E-state index < -0.39 is 0 Å². The zero-order chi connectivity index (χ0) is 12.3. The molecule has 2 aliphatic rings. The van der Waals surface area contributed by atoms with Gasteiger partial charge in [-0.1, -0.05) is 0 Å². The Morgan fingerprint density at radius 3 is 2.76 bits per heavy atom. The van der Waals surface area contributed by atoms with Gasteiger partial charge in [0, 0.05) is 25.2 Å². The largest absolute Gasteiger partial charge is 0.339 e. The average Bonchev–Trinajstić information content (AvgIpc) is 2.76. The van der Waals surface area contributed by atoms with Gasteiger partial charge in [-0.25, -0.2) is 0 Å². The van der Waals surface area contributed by atoms with Gasteiger partial charge in [0.15, 0.2) is 0 Å². The van der Waals surface area contributed by atoms with Crippen molar-refractivity contribution < 1.29 is 4.79 Å². The summed E-state index contributed by atoms with van der Waals surface area (Å²) in [5.41, 5.74) is 5.74. The predicted octanol–water partition coefficient (Wildman–Crippen LogP) is 0.811. The summed E-state index contributed by atoms with van der Waals surface area (Å²) in [4.78, 5) is 16.6. The number of piperidine rings is 1. The van der Waals surface area contributed by atoms with Crippen LogP contribution in [0.25, 0.3) is 0 Å². The molecule has 2 unspecified atom stereocenters. The Morgan fingerprint density at radius 1 is 1.24 bits per heavy atom. The first kappa shape index (κ1) is 12.8. The van der Waals surface area contributed by atoms with Crippen LogP contribution >= 0.6 is 0 Å². The van der Waals surface area contributed by atoms with Gasteiger partial charge in [0.1, 0.15) is 0 Å². The molecule has 0 spiro atoms. The predicted molar refractivity (Wildman–Crippen MR) is 68.7 cm³/mol. The highest BCUT2D eigenvalue weighted by atomic mass is 16.2. The summed E-state index contributed by atoms with van der Waals surface area (Å²) in [7, 11) is 0. The summed E-state index contributed by atoms with van der Waals surface area (Å²) in [6, 6.07) is 0.856. The van der Waals surface area contributed by atoms with Crippen LogP contribution in [0.1, 0.15) is 39.0 Å². The highest BCUT2D eigenvalue weighted by Gasteiger charge is 2.29. The average molecular weight is 239 g/mol. The van der Waals surface area contributed by atoms with E-state index in [-0.39, 0.29) is 0 Å². The van der Waals surface area contributed by atoms with E-state index in [0.29, 0.717) is 31.1 Å². The van der Waals surface area contributed by atoms with Gasteiger partial charge in [-0.05, 0) is 45.6 Å². The summed E-state index contributed by atoms with van der Waals surface area (Å²) in [5, 5.41) is 0. The van der Waals surface area contributed by atoms with Crippen molar-refractivity contribution in [2.75, 3.05) is 26.2 Å². The number of rotatable bonds is 3. The van der Waals surface area contributed by atoms with Crippen molar-refractivity contribution in [2.45, 2.75) is 51.1 Å². The molecule has 4 heteroatoms. The number of carbonyl (C=O) groups excluding carboxylic acids is 1. The Hall–Kier alpha value is -0.610. The van der Waals surface area contributed by atoms with Gasteiger partial charge in [-0.2, -0.15) is 0 Å². The molecule has 0 radical (unpaired) electrons. The van der Waals surface area contributed by atoms with E-state index in [0.717, 1.165) is 32.4 Å². The Labute approximate surface area is 104 Å². The first-order valence-electron chi connectivity index (χ1n) is 6.96. The molecule has 2 rings (SSSR count). The van der Waals surface area contributed by atoms with Crippen LogP contribution in [0.3, 0.4) is 0 Å². The van der Waals surface area contributed by atoms with Crippen molar-refractivity contribution in [3.05, 3.63) is 0 Å². The SMILES string of the molecule is CC1CCCCN1C(=O)CN1CCCC1CN. The second-order valence-electron chi connectivity index (χ2n) is 5.43. The van der Waals surface area contributed by atoms with Gasteiger partial charge < -0.3 is 10.6 Å². The van der Waals surface area contributed by atoms with E-state index in [1.807, 2.05) is 0 Å². The third-order valence-electron chi connectivity index (χ3n) is 4.23. The maximum absolute atomic E-state index is 12.3. The molecule has 2 atom stereocenters. The quantitative estimate of drug-likeness (QED) is 0.793. The molecular formula is C13H25N3O. The molecule has 0 aromatic rings. The van der Waals surface area contributed by atoms with E-state index in [4.69, 9.17) is 5.73 Å². The number of amides is 1.